The lowest BCUT2D eigenvalue weighted by molar-refractivity contribution is 0.0529. The standard InChI is InChI=1S/C20H18N2O3S/c1-3-25-20(24)17-16(14-8-5-4-6-9-14)13(2)26-19(17)22-18(23)15-10-7-11-21-12-15/h4-12H,3H2,1-2H3,(H,22,23). The summed E-state index contributed by atoms with van der Waals surface area (Å²) in [4.78, 5) is 30.0. The number of anilines is 1. The SMILES string of the molecule is CCOC(=O)c1c(NC(=O)c2cccnc2)sc(C)c1-c1ccccc1. The van der Waals surface area contributed by atoms with E-state index in [9.17, 15) is 9.59 Å². The average molecular weight is 366 g/mol. The van der Waals surface area contributed by atoms with Gasteiger partial charge in [0.15, 0.2) is 0 Å². The second-order valence-electron chi connectivity index (χ2n) is 5.52. The molecule has 1 amide bonds. The molecule has 0 saturated heterocycles. The molecule has 0 saturated carbocycles. The van der Waals surface area contributed by atoms with Gasteiger partial charge in [0.25, 0.3) is 5.91 Å². The number of rotatable bonds is 5. The van der Waals surface area contributed by atoms with E-state index < -0.39 is 5.97 Å². The highest BCUT2D eigenvalue weighted by Gasteiger charge is 2.25. The van der Waals surface area contributed by atoms with Crippen molar-refractivity contribution >= 4 is 28.2 Å². The van der Waals surface area contributed by atoms with Gasteiger partial charge in [-0.3, -0.25) is 9.78 Å². The van der Waals surface area contributed by atoms with Crippen LogP contribution < -0.4 is 5.32 Å². The highest BCUT2D eigenvalue weighted by atomic mass is 32.1. The zero-order valence-corrected chi connectivity index (χ0v) is 15.3. The van der Waals surface area contributed by atoms with Crippen molar-refractivity contribution in [3.8, 4) is 11.1 Å². The van der Waals surface area contributed by atoms with E-state index in [-0.39, 0.29) is 12.5 Å². The number of pyridine rings is 1. The number of aryl methyl sites for hydroxylation is 1. The highest BCUT2D eigenvalue weighted by Crippen LogP contribution is 2.40. The molecule has 2 heterocycles. The van der Waals surface area contributed by atoms with Crippen molar-refractivity contribution in [2.75, 3.05) is 11.9 Å². The number of amides is 1. The number of nitrogens with one attached hydrogen (secondary N) is 1. The van der Waals surface area contributed by atoms with Crippen molar-refractivity contribution in [2.24, 2.45) is 0 Å². The van der Waals surface area contributed by atoms with E-state index in [0.717, 1.165) is 16.0 Å². The molecule has 0 aliphatic heterocycles. The van der Waals surface area contributed by atoms with Crippen LogP contribution in [0.15, 0.2) is 54.9 Å². The molecule has 1 aromatic carbocycles. The minimum atomic E-state index is -0.447. The molecule has 0 bridgehead atoms. The molecule has 1 N–H and O–H groups in total. The Hall–Kier alpha value is -2.99. The van der Waals surface area contributed by atoms with Gasteiger partial charge in [0, 0.05) is 22.8 Å². The Bertz CT molecular complexity index is 921. The lowest BCUT2D eigenvalue weighted by Crippen LogP contribution is -2.15. The van der Waals surface area contributed by atoms with Gasteiger partial charge in [-0.2, -0.15) is 0 Å². The first kappa shape index (κ1) is 17.8. The summed E-state index contributed by atoms with van der Waals surface area (Å²) in [5, 5.41) is 3.32. The summed E-state index contributed by atoms with van der Waals surface area (Å²) in [6, 6.07) is 13.0. The summed E-state index contributed by atoms with van der Waals surface area (Å²) < 4.78 is 5.24. The fraction of sp³-hybridized carbons (Fsp3) is 0.150. The van der Waals surface area contributed by atoms with Crippen LogP contribution in [0.5, 0.6) is 0 Å². The summed E-state index contributed by atoms with van der Waals surface area (Å²) >= 11 is 1.36. The van der Waals surface area contributed by atoms with E-state index in [0.29, 0.717) is 16.1 Å². The molecule has 0 radical (unpaired) electrons. The van der Waals surface area contributed by atoms with Crippen LogP contribution in [-0.4, -0.2) is 23.5 Å². The summed E-state index contributed by atoms with van der Waals surface area (Å²) in [6.07, 6.45) is 3.08. The van der Waals surface area contributed by atoms with Crippen molar-refractivity contribution < 1.29 is 14.3 Å². The number of nitrogens with zero attached hydrogens (tertiary/aromatic N) is 1. The van der Waals surface area contributed by atoms with Gasteiger partial charge in [0.2, 0.25) is 0 Å². The number of aromatic nitrogens is 1. The molecule has 0 fully saturated rings. The first-order chi connectivity index (χ1) is 12.6. The summed E-state index contributed by atoms with van der Waals surface area (Å²) in [7, 11) is 0. The van der Waals surface area contributed by atoms with Crippen molar-refractivity contribution in [3.05, 3.63) is 70.9 Å². The predicted molar refractivity (Wildman–Crippen MR) is 103 cm³/mol. The van der Waals surface area contributed by atoms with Crippen molar-refractivity contribution in [2.45, 2.75) is 13.8 Å². The summed E-state index contributed by atoms with van der Waals surface area (Å²) in [6.45, 7) is 3.95. The molecule has 0 atom stereocenters. The van der Waals surface area contributed by atoms with E-state index in [1.807, 2.05) is 37.3 Å². The van der Waals surface area contributed by atoms with Crippen LogP contribution in [0.25, 0.3) is 11.1 Å². The summed E-state index contributed by atoms with van der Waals surface area (Å²) in [5.74, 6) is -0.762. The van der Waals surface area contributed by atoms with Gasteiger partial charge in [-0.15, -0.1) is 11.3 Å². The molecule has 26 heavy (non-hydrogen) atoms. The molecule has 132 valence electrons. The van der Waals surface area contributed by atoms with E-state index >= 15 is 0 Å². The monoisotopic (exact) mass is 366 g/mol. The third kappa shape index (κ3) is 3.65. The molecule has 2 aromatic heterocycles. The van der Waals surface area contributed by atoms with Gasteiger partial charge in [-0.25, -0.2) is 4.79 Å². The molecule has 0 aliphatic rings. The number of esters is 1. The molecular weight excluding hydrogens is 348 g/mol. The smallest absolute Gasteiger partial charge is 0.341 e. The summed E-state index contributed by atoms with van der Waals surface area (Å²) in [5.41, 5.74) is 2.51. The van der Waals surface area contributed by atoms with Gasteiger partial charge < -0.3 is 10.1 Å². The lowest BCUT2D eigenvalue weighted by Gasteiger charge is -2.09. The number of hydrogen-bond donors (Lipinski definition) is 1. The molecule has 5 nitrogen and oxygen atoms in total. The van der Waals surface area contributed by atoms with Crippen LogP contribution in [0, 0.1) is 6.92 Å². The number of benzene rings is 1. The van der Waals surface area contributed by atoms with Crippen LogP contribution in [-0.2, 0) is 4.74 Å². The van der Waals surface area contributed by atoms with Crippen LogP contribution >= 0.6 is 11.3 Å². The largest absolute Gasteiger partial charge is 0.462 e. The minimum Gasteiger partial charge on any atom is -0.462 e. The van der Waals surface area contributed by atoms with Gasteiger partial charge >= 0.3 is 5.97 Å². The van der Waals surface area contributed by atoms with Crippen molar-refractivity contribution in [1.82, 2.24) is 4.98 Å². The molecule has 3 aromatic rings. The Balaban J connectivity index is 2.05. The van der Waals surface area contributed by atoms with E-state index in [1.54, 1.807) is 25.3 Å². The highest BCUT2D eigenvalue weighted by molar-refractivity contribution is 7.17. The molecular formula is C20H18N2O3S. The number of carbonyl (C=O) groups excluding carboxylic acids is 2. The minimum absolute atomic E-state index is 0.262. The molecule has 6 heteroatoms. The molecule has 3 rings (SSSR count). The zero-order chi connectivity index (χ0) is 18.5. The topological polar surface area (TPSA) is 68.3 Å². The number of hydrogen-bond acceptors (Lipinski definition) is 5. The average Bonchev–Trinajstić information content (AvgIpc) is 2.99. The number of ether oxygens (including phenoxy) is 1. The van der Waals surface area contributed by atoms with Crippen LogP contribution in [0.2, 0.25) is 0 Å². The maximum atomic E-state index is 12.6. The van der Waals surface area contributed by atoms with Gasteiger partial charge in [-0.1, -0.05) is 30.3 Å². The van der Waals surface area contributed by atoms with Crippen LogP contribution in [0.1, 0.15) is 32.5 Å². The Morgan fingerprint density at radius 2 is 1.92 bits per heavy atom. The Morgan fingerprint density at radius 1 is 1.15 bits per heavy atom. The third-order valence-electron chi connectivity index (χ3n) is 3.78. The zero-order valence-electron chi connectivity index (χ0n) is 14.5. The first-order valence-electron chi connectivity index (χ1n) is 8.19. The first-order valence-corrected chi connectivity index (χ1v) is 9.00. The van der Waals surface area contributed by atoms with Gasteiger partial charge in [-0.05, 0) is 31.5 Å². The second kappa shape index (κ2) is 7.93. The van der Waals surface area contributed by atoms with E-state index in [2.05, 4.69) is 10.3 Å². The van der Waals surface area contributed by atoms with Crippen molar-refractivity contribution in [1.29, 1.82) is 0 Å². The number of thiophene rings is 1. The van der Waals surface area contributed by atoms with Gasteiger partial charge in [0.05, 0.1) is 12.2 Å². The predicted octanol–water partition coefficient (Wildman–Crippen LogP) is 4.55. The fourth-order valence-electron chi connectivity index (χ4n) is 2.66. The lowest BCUT2D eigenvalue weighted by atomic mass is 10.0. The van der Waals surface area contributed by atoms with E-state index in [1.165, 1.54) is 17.5 Å². The van der Waals surface area contributed by atoms with E-state index in [4.69, 9.17) is 4.74 Å². The Morgan fingerprint density at radius 3 is 2.58 bits per heavy atom. The molecule has 0 spiro atoms. The second-order valence-corrected chi connectivity index (χ2v) is 6.74. The fourth-order valence-corrected chi connectivity index (χ4v) is 3.71. The quantitative estimate of drug-likeness (QED) is 0.673. The number of carbonyl (C=O) groups is 2. The molecule has 0 unspecified atom stereocenters. The maximum absolute atomic E-state index is 12.6. The van der Waals surface area contributed by atoms with Crippen LogP contribution in [0.3, 0.4) is 0 Å². The van der Waals surface area contributed by atoms with Crippen LogP contribution in [0.4, 0.5) is 5.00 Å². The normalized spacial score (nSPS) is 10.4. The Labute approximate surface area is 155 Å². The Kier molecular flexibility index (Phi) is 5.43. The van der Waals surface area contributed by atoms with Gasteiger partial charge in [0.1, 0.15) is 10.6 Å². The molecule has 0 aliphatic carbocycles. The van der Waals surface area contributed by atoms with Crippen molar-refractivity contribution in [3.63, 3.8) is 0 Å². The third-order valence-corrected chi connectivity index (χ3v) is 4.80. The maximum Gasteiger partial charge on any atom is 0.341 e.